The lowest BCUT2D eigenvalue weighted by Gasteiger charge is -2.11. The lowest BCUT2D eigenvalue weighted by atomic mass is 10.2. The van der Waals surface area contributed by atoms with Crippen molar-refractivity contribution in [2.24, 2.45) is 0 Å². The third kappa shape index (κ3) is 5.15. The van der Waals surface area contributed by atoms with Crippen LogP contribution in [0.5, 0.6) is 5.75 Å². The summed E-state index contributed by atoms with van der Waals surface area (Å²) in [5, 5.41) is 3.00. The summed E-state index contributed by atoms with van der Waals surface area (Å²) in [6.07, 6.45) is 1.91. The molecule has 0 saturated carbocycles. The largest absolute Gasteiger partial charge is 0.493 e. The number of nitrogens with one attached hydrogen (secondary N) is 1. The third-order valence-corrected chi connectivity index (χ3v) is 2.39. The standard InChI is InChI=1S/C13H20FNO2/c1-15-10-11-9-12(14)5-6-13(11)17-8-4-3-7-16-2/h5-6,9,15H,3-4,7-8,10H2,1-2H3. The summed E-state index contributed by atoms with van der Waals surface area (Å²) >= 11 is 0. The highest BCUT2D eigenvalue weighted by Gasteiger charge is 2.04. The van der Waals surface area contributed by atoms with Gasteiger partial charge in [-0.15, -0.1) is 0 Å². The summed E-state index contributed by atoms with van der Waals surface area (Å²) in [6.45, 7) is 1.98. The van der Waals surface area contributed by atoms with Crippen molar-refractivity contribution in [3.63, 3.8) is 0 Å². The van der Waals surface area contributed by atoms with Gasteiger partial charge in [0.15, 0.2) is 0 Å². The Kier molecular flexibility index (Phi) is 6.58. The molecular formula is C13H20FNO2. The molecule has 0 atom stereocenters. The van der Waals surface area contributed by atoms with Crippen molar-refractivity contribution in [2.75, 3.05) is 27.4 Å². The second-order valence-corrected chi connectivity index (χ2v) is 3.83. The van der Waals surface area contributed by atoms with Crippen LogP contribution >= 0.6 is 0 Å². The molecule has 96 valence electrons. The molecule has 0 spiro atoms. The van der Waals surface area contributed by atoms with E-state index in [9.17, 15) is 4.39 Å². The molecule has 0 aliphatic rings. The number of ether oxygens (including phenoxy) is 2. The Morgan fingerprint density at radius 2 is 2.00 bits per heavy atom. The van der Waals surface area contributed by atoms with Crippen LogP contribution in [0.1, 0.15) is 18.4 Å². The van der Waals surface area contributed by atoms with Crippen LogP contribution in [0.4, 0.5) is 4.39 Å². The maximum Gasteiger partial charge on any atom is 0.123 e. The van der Waals surface area contributed by atoms with Crippen LogP contribution < -0.4 is 10.1 Å². The zero-order valence-electron chi connectivity index (χ0n) is 10.5. The summed E-state index contributed by atoms with van der Waals surface area (Å²) < 4.78 is 23.6. The molecule has 0 fully saturated rings. The van der Waals surface area contributed by atoms with Gasteiger partial charge in [-0.2, -0.15) is 0 Å². The maximum atomic E-state index is 13.1. The second kappa shape index (κ2) is 8.03. The van der Waals surface area contributed by atoms with E-state index in [4.69, 9.17) is 9.47 Å². The summed E-state index contributed by atoms with van der Waals surface area (Å²) in [7, 11) is 3.51. The van der Waals surface area contributed by atoms with Gasteiger partial charge >= 0.3 is 0 Å². The Morgan fingerprint density at radius 3 is 2.71 bits per heavy atom. The first-order chi connectivity index (χ1) is 8.27. The van der Waals surface area contributed by atoms with Gasteiger partial charge in [0.05, 0.1) is 6.61 Å². The minimum Gasteiger partial charge on any atom is -0.493 e. The van der Waals surface area contributed by atoms with Gasteiger partial charge in [-0.25, -0.2) is 4.39 Å². The first-order valence-corrected chi connectivity index (χ1v) is 5.82. The van der Waals surface area contributed by atoms with Crippen LogP contribution in [-0.4, -0.2) is 27.4 Å². The highest BCUT2D eigenvalue weighted by atomic mass is 19.1. The number of halogens is 1. The van der Waals surface area contributed by atoms with Crippen molar-refractivity contribution in [1.82, 2.24) is 5.32 Å². The van der Waals surface area contributed by atoms with Crippen LogP contribution in [-0.2, 0) is 11.3 Å². The van der Waals surface area contributed by atoms with Crippen molar-refractivity contribution in [2.45, 2.75) is 19.4 Å². The predicted octanol–water partition coefficient (Wildman–Crippen LogP) is 2.35. The fourth-order valence-corrected chi connectivity index (χ4v) is 1.55. The van der Waals surface area contributed by atoms with E-state index in [-0.39, 0.29) is 5.82 Å². The number of benzene rings is 1. The lowest BCUT2D eigenvalue weighted by Crippen LogP contribution is -2.08. The number of hydrogen-bond donors (Lipinski definition) is 1. The maximum absolute atomic E-state index is 13.1. The lowest BCUT2D eigenvalue weighted by molar-refractivity contribution is 0.184. The van der Waals surface area contributed by atoms with Gasteiger partial charge in [0.1, 0.15) is 11.6 Å². The average Bonchev–Trinajstić information content (AvgIpc) is 2.32. The Labute approximate surface area is 102 Å². The Balaban J connectivity index is 2.45. The van der Waals surface area contributed by atoms with Gasteiger partial charge in [0, 0.05) is 25.8 Å². The molecule has 1 rings (SSSR count). The van der Waals surface area contributed by atoms with Crippen LogP contribution in [0.15, 0.2) is 18.2 Å². The van der Waals surface area contributed by atoms with Crippen molar-refractivity contribution < 1.29 is 13.9 Å². The molecule has 1 aromatic rings. The van der Waals surface area contributed by atoms with E-state index in [0.29, 0.717) is 13.2 Å². The number of hydrogen-bond acceptors (Lipinski definition) is 3. The van der Waals surface area contributed by atoms with Gasteiger partial charge in [-0.1, -0.05) is 0 Å². The third-order valence-electron chi connectivity index (χ3n) is 2.39. The van der Waals surface area contributed by atoms with Crippen molar-refractivity contribution in [1.29, 1.82) is 0 Å². The molecule has 0 aliphatic heterocycles. The van der Waals surface area contributed by atoms with Gasteiger partial charge in [-0.3, -0.25) is 0 Å². The minimum absolute atomic E-state index is 0.234. The normalized spacial score (nSPS) is 10.5. The molecule has 0 unspecified atom stereocenters. The quantitative estimate of drug-likeness (QED) is 0.709. The topological polar surface area (TPSA) is 30.5 Å². The van der Waals surface area contributed by atoms with E-state index < -0.39 is 0 Å². The Hall–Kier alpha value is -1.13. The van der Waals surface area contributed by atoms with E-state index in [2.05, 4.69) is 5.32 Å². The van der Waals surface area contributed by atoms with Crippen LogP contribution in [0, 0.1) is 5.82 Å². The smallest absolute Gasteiger partial charge is 0.123 e. The van der Waals surface area contributed by atoms with E-state index in [1.807, 2.05) is 7.05 Å². The Morgan fingerprint density at radius 1 is 1.24 bits per heavy atom. The zero-order valence-corrected chi connectivity index (χ0v) is 10.5. The van der Waals surface area contributed by atoms with Crippen molar-refractivity contribution in [3.05, 3.63) is 29.6 Å². The summed E-state index contributed by atoms with van der Waals surface area (Å²) in [6, 6.07) is 4.60. The van der Waals surface area contributed by atoms with Crippen LogP contribution in [0.3, 0.4) is 0 Å². The average molecular weight is 241 g/mol. The molecule has 4 heteroatoms. The van der Waals surface area contributed by atoms with E-state index >= 15 is 0 Å². The monoisotopic (exact) mass is 241 g/mol. The van der Waals surface area contributed by atoms with Crippen LogP contribution in [0.25, 0.3) is 0 Å². The SMILES string of the molecule is CNCc1cc(F)ccc1OCCCCOC. The van der Waals surface area contributed by atoms with Gasteiger partial charge in [-0.05, 0) is 38.1 Å². The highest BCUT2D eigenvalue weighted by molar-refractivity contribution is 5.33. The molecule has 0 aromatic heterocycles. The fraction of sp³-hybridized carbons (Fsp3) is 0.538. The van der Waals surface area contributed by atoms with Gasteiger partial charge < -0.3 is 14.8 Å². The molecule has 0 radical (unpaired) electrons. The van der Waals surface area contributed by atoms with E-state index in [1.165, 1.54) is 12.1 Å². The molecule has 0 saturated heterocycles. The predicted molar refractivity (Wildman–Crippen MR) is 65.8 cm³/mol. The summed E-state index contributed by atoms with van der Waals surface area (Å²) in [5.41, 5.74) is 0.847. The second-order valence-electron chi connectivity index (χ2n) is 3.83. The molecular weight excluding hydrogens is 221 g/mol. The molecule has 0 bridgehead atoms. The van der Waals surface area contributed by atoms with Crippen molar-refractivity contribution >= 4 is 0 Å². The zero-order chi connectivity index (χ0) is 12.5. The summed E-state index contributed by atoms with van der Waals surface area (Å²) in [5.74, 6) is 0.514. The number of methoxy groups -OCH3 is 1. The molecule has 1 N–H and O–H groups in total. The van der Waals surface area contributed by atoms with Gasteiger partial charge in [0.2, 0.25) is 0 Å². The molecule has 17 heavy (non-hydrogen) atoms. The molecule has 3 nitrogen and oxygen atoms in total. The number of rotatable bonds is 8. The molecule has 0 heterocycles. The molecule has 0 aliphatic carbocycles. The van der Waals surface area contributed by atoms with Crippen molar-refractivity contribution in [3.8, 4) is 5.75 Å². The van der Waals surface area contributed by atoms with E-state index in [0.717, 1.165) is 30.8 Å². The molecule has 1 aromatic carbocycles. The summed E-state index contributed by atoms with van der Waals surface area (Å²) in [4.78, 5) is 0. The minimum atomic E-state index is -0.234. The van der Waals surface area contributed by atoms with Crippen LogP contribution in [0.2, 0.25) is 0 Å². The molecule has 0 amide bonds. The van der Waals surface area contributed by atoms with E-state index in [1.54, 1.807) is 13.2 Å². The fourth-order valence-electron chi connectivity index (χ4n) is 1.55. The first kappa shape index (κ1) is 13.9. The Bertz CT molecular complexity index is 331. The first-order valence-electron chi connectivity index (χ1n) is 5.82. The number of unbranched alkanes of at least 4 members (excludes halogenated alkanes) is 1. The van der Waals surface area contributed by atoms with Gasteiger partial charge in [0.25, 0.3) is 0 Å². The highest BCUT2D eigenvalue weighted by Crippen LogP contribution is 2.19.